The number of nitriles is 1. The normalized spacial score (nSPS) is 18.2. The SMILES string of the molecule is CC[C@H]1CC(n2c(=O)nc(-c3cnn(C)c3)c3oc4cc(C#N)c(-c5cnn(C)c5)nc4c32)CCO1. The zero-order valence-electron chi connectivity index (χ0n) is 20.2. The molecule has 11 heteroatoms. The van der Waals surface area contributed by atoms with Gasteiger partial charge in [-0.15, -0.1) is 0 Å². The summed E-state index contributed by atoms with van der Waals surface area (Å²) < 4.78 is 17.2. The maximum absolute atomic E-state index is 13.6. The van der Waals surface area contributed by atoms with E-state index in [0.717, 1.165) is 6.42 Å². The maximum Gasteiger partial charge on any atom is 0.349 e. The molecule has 1 saturated heterocycles. The van der Waals surface area contributed by atoms with Crippen molar-refractivity contribution < 1.29 is 9.15 Å². The van der Waals surface area contributed by atoms with Gasteiger partial charge in [0, 0.05) is 56.3 Å². The number of ether oxygens (including phenoxy) is 1. The van der Waals surface area contributed by atoms with Crippen LogP contribution in [0, 0.1) is 11.3 Å². The van der Waals surface area contributed by atoms with Crippen LogP contribution in [-0.2, 0) is 18.8 Å². The summed E-state index contributed by atoms with van der Waals surface area (Å²) in [5, 5.41) is 18.3. The van der Waals surface area contributed by atoms with Gasteiger partial charge in [0.25, 0.3) is 0 Å². The van der Waals surface area contributed by atoms with Crippen LogP contribution in [0.4, 0.5) is 0 Å². The first-order chi connectivity index (χ1) is 17.5. The molecule has 11 nitrogen and oxygen atoms in total. The van der Waals surface area contributed by atoms with Gasteiger partial charge in [0.15, 0.2) is 11.2 Å². The summed E-state index contributed by atoms with van der Waals surface area (Å²) in [6.45, 7) is 2.64. The molecule has 1 fully saturated rings. The number of furan rings is 1. The molecule has 0 bridgehead atoms. The van der Waals surface area contributed by atoms with Gasteiger partial charge in [-0.3, -0.25) is 13.9 Å². The molecule has 0 radical (unpaired) electrons. The van der Waals surface area contributed by atoms with E-state index in [9.17, 15) is 10.1 Å². The van der Waals surface area contributed by atoms with Crippen molar-refractivity contribution in [2.24, 2.45) is 14.1 Å². The van der Waals surface area contributed by atoms with Gasteiger partial charge in [0.1, 0.15) is 22.8 Å². The second kappa shape index (κ2) is 8.42. The van der Waals surface area contributed by atoms with Crippen molar-refractivity contribution in [3.63, 3.8) is 0 Å². The Morgan fingerprint density at radius 3 is 2.47 bits per heavy atom. The first-order valence-electron chi connectivity index (χ1n) is 11.9. The van der Waals surface area contributed by atoms with Gasteiger partial charge >= 0.3 is 5.69 Å². The van der Waals surface area contributed by atoms with Crippen LogP contribution in [0.5, 0.6) is 0 Å². The molecule has 36 heavy (non-hydrogen) atoms. The lowest BCUT2D eigenvalue weighted by Crippen LogP contribution is -2.34. The highest BCUT2D eigenvalue weighted by atomic mass is 16.5. The van der Waals surface area contributed by atoms with E-state index in [4.69, 9.17) is 14.1 Å². The zero-order chi connectivity index (χ0) is 25.0. The van der Waals surface area contributed by atoms with Crippen molar-refractivity contribution >= 4 is 22.2 Å². The molecule has 1 unspecified atom stereocenters. The van der Waals surface area contributed by atoms with Gasteiger partial charge in [0.2, 0.25) is 0 Å². The van der Waals surface area contributed by atoms with Crippen LogP contribution in [0.3, 0.4) is 0 Å². The maximum atomic E-state index is 13.6. The molecular weight excluding hydrogens is 460 g/mol. The lowest BCUT2D eigenvalue weighted by molar-refractivity contribution is -0.00710. The van der Waals surface area contributed by atoms with Crippen LogP contribution in [-0.4, -0.2) is 46.8 Å². The first-order valence-corrected chi connectivity index (χ1v) is 11.9. The van der Waals surface area contributed by atoms with E-state index in [-0.39, 0.29) is 17.8 Å². The number of pyridine rings is 1. The Morgan fingerprint density at radius 1 is 1.11 bits per heavy atom. The lowest BCUT2D eigenvalue weighted by Gasteiger charge is -2.30. The Morgan fingerprint density at radius 2 is 1.83 bits per heavy atom. The molecule has 1 aliphatic heterocycles. The number of aromatic nitrogens is 7. The number of nitrogens with zero attached hydrogens (tertiary/aromatic N) is 8. The van der Waals surface area contributed by atoms with Gasteiger partial charge < -0.3 is 9.15 Å². The second-order valence-corrected chi connectivity index (χ2v) is 9.12. The number of hydrogen-bond donors (Lipinski definition) is 0. The first kappa shape index (κ1) is 22.2. The smallest absolute Gasteiger partial charge is 0.349 e. The number of hydrogen-bond acceptors (Lipinski definition) is 8. The van der Waals surface area contributed by atoms with E-state index in [1.54, 1.807) is 58.9 Å². The average Bonchev–Trinajstić information content (AvgIpc) is 3.61. The highest BCUT2D eigenvalue weighted by Crippen LogP contribution is 2.38. The van der Waals surface area contributed by atoms with Crippen molar-refractivity contribution in [3.05, 3.63) is 46.9 Å². The van der Waals surface area contributed by atoms with Crippen LogP contribution in [0.25, 0.3) is 44.7 Å². The zero-order valence-corrected chi connectivity index (χ0v) is 20.2. The van der Waals surface area contributed by atoms with E-state index >= 15 is 0 Å². The third kappa shape index (κ3) is 3.49. The number of aryl methyl sites for hydroxylation is 2. The van der Waals surface area contributed by atoms with Crippen molar-refractivity contribution in [2.75, 3.05) is 6.61 Å². The van der Waals surface area contributed by atoms with Crippen LogP contribution in [0.2, 0.25) is 0 Å². The molecule has 1 aliphatic rings. The Kier molecular flexibility index (Phi) is 5.19. The summed E-state index contributed by atoms with van der Waals surface area (Å²) in [7, 11) is 3.61. The Labute approximate surface area is 205 Å². The topological polar surface area (TPSA) is 130 Å². The summed E-state index contributed by atoms with van der Waals surface area (Å²) in [5.74, 6) is 0. The third-order valence-electron chi connectivity index (χ3n) is 6.75. The van der Waals surface area contributed by atoms with Crippen molar-refractivity contribution in [1.29, 1.82) is 5.26 Å². The molecule has 6 heterocycles. The molecule has 5 aromatic rings. The fourth-order valence-corrected chi connectivity index (χ4v) is 4.99. The predicted octanol–water partition coefficient (Wildman–Crippen LogP) is 3.34. The van der Waals surface area contributed by atoms with E-state index in [1.807, 2.05) is 0 Å². The molecule has 0 spiro atoms. The Balaban J connectivity index is 1.69. The summed E-state index contributed by atoms with van der Waals surface area (Å²) in [4.78, 5) is 22.9. The van der Waals surface area contributed by atoms with E-state index in [0.29, 0.717) is 69.7 Å². The molecule has 5 aromatic heterocycles. The van der Waals surface area contributed by atoms with Crippen LogP contribution in [0.15, 0.2) is 40.1 Å². The molecule has 0 N–H and O–H groups in total. The van der Waals surface area contributed by atoms with E-state index < -0.39 is 0 Å². The quantitative estimate of drug-likeness (QED) is 0.380. The number of fused-ring (bicyclic) bond motifs is 3. The van der Waals surface area contributed by atoms with Gasteiger partial charge in [-0.1, -0.05) is 6.92 Å². The van der Waals surface area contributed by atoms with Gasteiger partial charge in [-0.25, -0.2) is 9.78 Å². The molecule has 182 valence electrons. The second-order valence-electron chi connectivity index (χ2n) is 9.12. The van der Waals surface area contributed by atoms with Crippen molar-refractivity contribution in [3.8, 4) is 28.6 Å². The summed E-state index contributed by atoms with van der Waals surface area (Å²) in [6, 6.07) is 3.77. The summed E-state index contributed by atoms with van der Waals surface area (Å²) >= 11 is 0. The van der Waals surface area contributed by atoms with Gasteiger partial charge in [-0.05, 0) is 19.3 Å². The largest absolute Gasteiger partial charge is 0.450 e. The van der Waals surface area contributed by atoms with E-state index in [2.05, 4.69) is 28.2 Å². The molecule has 0 amide bonds. The minimum absolute atomic E-state index is 0.0611. The Hall–Kier alpha value is -4.30. The minimum atomic E-state index is -0.375. The highest BCUT2D eigenvalue weighted by Gasteiger charge is 2.30. The molecule has 0 saturated carbocycles. The van der Waals surface area contributed by atoms with Crippen LogP contribution < -0.4 is 5.69 Å². The fraction of sp³-hybridized carbons (Fsp3) is 0.360. The molecule has 0 aromatic carbocycles. The molecular formula is C25H24N8O3. The van der Waals surface area contributed by atoms with Crippen LogP contribution >= 0.6 is 0 Å². The fourth-order valence-electron chi connectivity index (χ4n) is 4.99. The minimum Gasteiger partial charge on any atom is -0.450 e. The van der Waals surface area contributed by atoms with E-state index in [1.165, 1.54) is 0 Å². The molecule has 2 atom stereocenters. The third-order valence-corrected chi connectivity index (χ3v) is 6.75. The lowest BCUT2D eigenvalue weighted by atomic mass is 10.0. The van der Waals surface area contributed by atoms with Crippen molar-refractivity contribution in [2.45, 2.75) is 38.3 Å². The monoisotopic (exact) mass is 484 g/mol. The van der Waals surface area contributed by atoms with Gasteiger partial charge in [0.05, 0.1) is 29.8 Å². The van der Waals surface area contributed by atoms with Crippen LogP contribution in [0.1, 0.15) is 37.8 Å². The highest BCUT2D eigenvalue weighted by molar-refractivity contribution is 6.05. The van der Waals surface area contributed by atoms with Gasteiger partial charge in [-0.2, -0.15) is 20.4 Å². The molecule has 6 rings (SSSR count). The Bertz CT molecular complexity index is 1720. The van der Waals surface area contributed by atoms with Crippen molar-refractivity contribution in [1.82, 2.24) is 34.1 Å². The average molecular weight is 485 g/mol. The summed E-state index contributed by atoms with van der Waals surface area (Å²) in [6.07, 6.45) is 9.19. The molecule has 0 aliphatic carbocycles. The predicted molar refractivity (Wildman–Crippen MR) is 131 cm³/mol. The number of rotatable bonds is 4. The summed E-state index contributed by atoms with van der Waals surface area (Å²) in [5.41, 5.74) is 4.17. The standard InChI is InChI=1S/C25H24N8O3/c1-4-18-8-17(5-6-35-18)33-23-22-19(7-14(9-26)20(29-22)15-10-27-31(2)12-15)36-24(23)21(30-25(33)34)16-11-28-32(3)13-16/h7,10-13,17-18H,4-6,8H2,1-3H3/t17?,18-/m0/s1.